The van der Waals surface area contributed by atoms with E-state index in [1.807, 2.05) is 19.2 Å². The number of nitrogens with zero attached hydrogens (tertiary/aromatic N) is 4. The number of aromatic nitrogens is 4. The predicted molar refractivity (Wildman–Crippen MR) is 74.1 cm³/mol. The first kappa shape index (κ1) is 11.7. The lowest BCUT2D eigenvalue weighted by Crippen LogP contribution is -1.84. The molecule has 0 aromatic carbocycles. The SMILES string of the molecule is Cc1nnc(SCc2cn3cccc(C)c3n2)s1. The number of hydrogen-bond acceptors (Lipinski definition) is 5. The van der Waals surface area contributed by atoms with E-state index >= 15 is 0 Å². The number of hydrogen-bond donors (Lipinski definition) is 0. The summed E-state index contributed by atoms with van der Waals surface area (Å²) in [6.45, 7) is 4.05. The molecule has 0 spiro atoms. The number of thioether (sulfide) groups is 1. The van der Waals surface area contributed by atoms with Gasteiger partial charge in [-0.1, -0.05) is 29.2 Å². The van der Waals surface area contributed by atoms with Crippen LogP contribution in [0.25, 0.3) is 5.65 Å². The summed E-state index contributed by atoms with van der Waals surface area (Å²) in [6.07, 6.45) is 4.10. The lowest BCUT2D eigenvalue weighted by atomic mass is 10.3. The van der Waals surface area contributed by atoms with Crippen molar-refractivity contribution in [2.75, 3.05) is 0 Å². The van der Waals surface area contributed by atoms with Gasteiger partial charge in [-0.15, -0.1) is 10.2 Å². The Morgan fingerprint density at radius 3 is 2.94 bits per heavy atom. The van der Waals surface area contributed by atoms with Crippen molar-refractivity contribution in [3.05, 3.63) is 40.8 Å². The van der Waals surface area contributed by atoms with Crippen molar-refractivity contribution < 1.29 is 0 Å². The van der Waals surface area contributed by atoms with Gasteiger partial charge in [0.05, 0.1) is 5.69 Å². The van der Waals surface area contributed by atoms with Crippen molar-refractivity contribution in [3.8, 4) is 0 Å². The summed E-state index contributed by atoms with van der Waals surface area (Å²) in [5, 5.41) is 9.11. The second-order valence-corrected chi connectivity index (χ2v) is 6.43. The molecule has 0 saturated heterocycles. The minimum absolute atomic E-state index is 0.829. The van der Waals surface area contributed by atoms with E-state index in [1.54, 1.807) is 23.1 Å². The largest absolute Gasteiger partial charge is 0.307 e. The van der Waals surface area contributed by atoms with Gasteiger partial charge in [0.25, 0.3) is 0 Å². The van der Waals surface area contributed by atoms with Gasteiger partial charge in [-0.3, -0.25) is 0 Å². The average Bonchev–Trinajstić information content (AvgIpc) is 2.93. The smallest absolute Gasteiger partial charge is 0.174 e. The maximum Gasteiger partial charge on any atom is 0.174 e. The molecule has 3 rings (SSSR count). The van der Waals surface area contributed by atoms with Crippen molar-refractivity contribution in [2.24, 2.45) is 0 Å². The van der Waals surface area contributed by atoms with E-state index in [-0.39, 0.29) is 0 Å². The Morgan fingerprint density at radius 1 is 1.33 bits per heavy atom. The summed E-state index contributed by atoms with van der Waals surface area (Å²) in [5.41, 5.74) is 3.30. The number of aryl methyl sites for hydroxylation is 2. The molecule has 0 bridgehead atoms. The molecule has 0 atom stereocenters. The number of imidazole rings is 1. The van der Waals surface area contributed by atoms with Crippen molar-refractivity contribution in [3.63, 3.8) is 0 Å². The summed E-state index contributed by atoms with van der Waals surface area (Å²) >= 11 is 3.31. The highest BCUT2D eigenvalue weighted by Gasteiger charge is 2.06. The number of pyridine rings is 1. The highest BCUT2D eigenvalue weighted by Crippen LogP contribution is 2.25. The zero-order valence-electron chi connectivity index (χ0n) is 10.1. The van der Waals surface area contributed by atoms with Crippen molar-refractivity contribution >= 4 is 28.7 Å². The van der Waals surface area contributed by atoms with Crippen LogP contribution in [0.2, 0.25) is 0 Å². The first-order chi connectivity index (χ1) is 8.72. The Balaban J connectivity index is 1.81. The first-order valence-corrected chi connectivity index (χ1v) is 7.39. The molecule has 0 saturated carbocycles. The van der Waals surface area contributed by atoms with Crippen molar-refractivity contribution in [1.29, 1.82) is 0 Å². The molecule has 0 aliphatic rings. The van der Waals surface area contributed by atoms with Crippen LogP contribution in [0.3, 0.4) is 0 Å². The molecule has 92 valence electrons. The van der Waals surface area contributed by atoms with E-state index in [9.17, 15) is 0 Å². The topological polar surface area (TPSA) is 43.1 Å². The fraction of sp³-hybridized carbons (Fsp3) is 0.250. The van der Waals surface area contributed by atoms with Gasteiger partial charge in [0.15, 0.2) is 4.34 Å². The van der Waals surface area contributed by atoms with Crippen molar-refractivity contribution in [2.45, 2.75) is 23.9 Å². The lowest BCUT2D eigenvalue weighted by Gasteiger charge is -1.94. The summed E-state index contributed by atoms with van der Waals surface area (Å²) < 4.78 is 3.07. The van der Waals surface area contributed by atoms with Gasteiger partial charge in [0.1, 0.15) is 10.7 Å². The molecule has 6 heteroatoms. The Kier molecular flexibility index (Phi) is 3.05. The molecule has 4 nitrogen and oxygen atoms in total. The van der Waals surface area contributed by atoms with Crippen LogP contribution >= 0.6 is 23.1 Å². The van der Waals surface area contributed by atoms with Gasteiger partial charge in [-0.05, 0) is 25.5 Å². The van der Waals surface area contributed by atoms with E-state index in [0.29, 0.717) is 0 Å². The molecule has 0 aliphatic carbocycles. The van der Waals surface area contributed by atoms with Gasteiger partial charge in [-0.2, -0.15) is 0 Å². The molecule has 18 heavy (non-hydrogen) atoms. The Labute approximate surface area is 113 Å². The molecular weight excluding hydrogens is 264 g/mol. The third kappa shape index (κ3) is 2.26. The van der Waals surface area contributed by atoms with Gasteiger partial charge in [0.2, 0.25) is 0 Å². The minimum atomic E-state index is 0.829. The minimum Gasteiger partial charge on any atom is -0.307 e. The van der Waals surface area contributed by atoms with Crippen LogP contribution in [0.15, 0.2) is 28.9 Å². The maximum absolute atomic E-state index is 4.63. The standard InChI is InChI=1S/C12H12N4S2/c1-8-4-3-5-16-6-10(13-11(8)16)7-17-12-15-14-9(2)18-12/h3-6H,7H2,1-2H3. The van der Waals surface area contributed by atoms with Crippen LogP contribution in [-0.2, 0) is 5.75 Å². The van der Waals surface area contributed by atoms with Crippen LogP contribution in [0.4, 0.5) is 0 Å². The predicted octanol–water partition coefficient (Wildman–Crippen LogP) is 3.09. The fourth-order valence-corrected chi connectivity index (χ4v) is 3.45. The third-order valence-corrected chi connectivity index (χ3v) is 4.58. The molecular formula is C12H12N4S2. The van der Waals surface area contributed by atoms with Gasteiger partial charge in [-0.25, -0.2) is 4.98 Å². The average molecular weight is 276 g/mol. The van der Waals surface area contributed by atoms with E-state index in [1.165, 1.54) is 5.56 Å². The monoisotopic (exact) mass is 276 g/mol. The van der Waals surface area contributed by atoms with Gasteiger partial charge >= 0.3 is 0 Å². The third-order valence-electron chi connectivity index (χ3n) is 2.58. The number of fused-ring (bicyclic) bond motifs is 1. The molecule has 0 unspecified atom stereocenters. The lowest BCUT2D eigenvalue weighted by molar-refractivity contribution is 0.983. The summed E-state index contributed by atoms with van der Waals surface area (Å²) in [6, 6.07) is 4.11. The van der Waals surface area contributed by atoms with Crippen LogP contribution in [0.1, 0.15) is 16.3 Å². The quantitative estimate of drug-likeness (QED) is 0.689. The van der Waals surface area contributed by atoms with Crippen LogP contribution in [0, 0.1) is 13.8 Å². The van der Waals surface area contributed by atoms with E-state index < -0.39 is 0 Å². The summed E-state index contributed by atoms with van der Waals surface area (Å²) in [4.78, 5) is 4.63. The zero-order chi connectivity index (χ0) is 12.5. The molecule has 0 radical (unpaired) electrons. The molecule has 0 amide bonds. The second kappa shape index (κ2) is 4.70. The first-order valence-electron chi connectivity index (χ1n) is 5.58. The molecule has 0 fully saturated rings. The molecule has 3 heterocycles. The zero-order valence-corrected chi connectivity index (χ0v) is 11.8. The number of rotatable bonds is 3. The fourth-order valence-electron chi connectivity index (χ4n) is 1.75. The molecule has 0 aliphatic heterocycles. The molecule has 0 N–H and O–H groups in total. The van der Waals surface area contributed by atoms with E-state index in [2.05, 4.69) is 38.8 Å². The van der Waals surface area contributed by atoms with Crippen LogP contribution in [0.5, 0.6) is 0 Å². The van der Waals surface area contributed by atoms with Crippen LogP contribution in [-0.4, -0.2) is 19.6 Å². The van der Waals surface area contributed by atoms with Crippen LogP contribution < -0.4 is 0 Å². The second-order valence-electron chi connectivity index (χ2n) is 4.03. The normalized spacial score (nSPS) is 11.2. The molecule has 3 aromatic rings. The molecule has 3 aromatic heterocycles. The highest BCUT2D eigenvalue weighted by atomic mass is 32.2. The van der Waals surface area contributed by atoms with Gasteiger partial charge in [0, 0.05) is 18.1 Å². The Hall–Kier alpha value is -1.40. The van der Waals surface area contributed by atoms with Gasteiger partial charge < -0.3 is 4.40 Å². The van der Waals surface area contributed by atoms with E-state index in [0.717, 1.165) is 26.4 Å². The maximum atomic E-state index is 4.63. The Morgan fingerprint density at radius 2 is 2.22 bits per heavy atom. The highest BCUT2D eigenvalue weighted by molar-refractivity contribution is 8.00. The summed E-state index contributed by atoms with van der Waals surface area (Å²) in [7, 11) is 0. The Bertz CT molecular complexity index is 686. The summed E-state index contributed by atoms with van der Waals surface area (Å²) in [5.74, 6) is 0.829. The van der Waals surface area contributed by atoms with E-state index in [4.69, 9.17) is 0 Å². The van der Waals surface area contributed by atoms with Crippen molar-refractivity contribution in [1.82, 2.24) is 19.6 Å².